The van der Waals surface area contributed by atoms with Gasteiger partial charge >= 0.3 is 0 Å². The maximum Gasteiger partial charge on any atom is 0.136 e. The van der Waals surface area contributed by atoms with Crippen molar-refractivity contribution in [1.82, 2.24) is 0 Å². The third-order valence-corrected chi connectivity index (χ3v) is 14.2. The third-order valence-electron chi connectivity index (χ3n) is 14.2. The van der Waals surface area contributed by atoms with Gasteiger partial charge in [0.2, 0.25) is 0 Å². The SMILES string of the molecule is c1ccc(-c2ccc(-c3ccc(N(c4ccc(-c5ccc6c(c5)oc5ccccc56)cc4)c4cccc5c4-c4ccccc4C5(c4ccccc4)c4ccccc4)cc3)c(-c3ccccc3)c2)cc1. The minimum Gasteiger partial charge on any atom is -0.456 e. The van der Waals surface area contributed by atoms with Gasteiger partial charge in [-0.25, -0.2) is 0 Å². The van der Waals surface area contributed by atoms with E-state index in [1.54, 1.807) is 0 Å². The zero-order chi connectivity index (χ0) is 45.7. The Kier molecular flexibility index (Phi) is 9.77. The monoisotopic (exact) mass is 879 g/mol. The van der Waals surface area contributed by atoms with E-state index in [4.69, 9.17) is 4.42 Å². The fourth-order valence-corrected chi connectivity index (χ4v) is 11.0. The Balaban J connectivity index is 0.988. The van der Waals surface area contributed by atoms with Gasteiger partial charge in [-0.15, -0.1) is 0 Å². The van der Waals surface area contributed by atoms with Gasteiger partial charge in [0, 0.05) is 27.7 Å². The van der Waals surface area contributed by atoms with Gasteiger partial charge in [-0.3, -0.25) is 0 Å². The molecule has 0 atom stereocenters. The first-order valence-corrected chi connectivity index (χ1v) is 23.7. The lowest BCUT2D eigenvalue weighted by molar-refractivity contribution is 0.669. The molecule has 0 spiro atoms. The molecule has 324 valence electrons. The van der Waals surface area contributed by atoms with E-state index in [-0.39, 0.29) is 0 Å². The molecule has 0 aliphatic heterocycles. The van der Waals surface area contributed by atoms with Crippen molar-refractivity contribution < 1.29 is 4.42 Å². The van der Waals surface area contributed by atoms with Crippen LogP contribution in [0.3, 0.4) is 0 Å². The van der Waals surface area contributed by atoms with Crippen LogP contribution in [0.15, 0.2) is 277 Å². The highest BCUT2D eigenvalue weighted by Crippen LogP contribution is 2.59. The molecule has 13 rings (SSSR count). The van der Waals surface area contributed by atoms with Gasteiger partial charge in [0.1, 0.15) is 11.2 Å². The van der Waals surface area contributed by atoms with Gasteiger partial charge in [0.05, 0.1) is 11.1 Å². The predicted octanol–water partition coefficient (Wildman–Crippen LogP) is 18.1. The van der Waals surface area contributed by atoms with Crippen molar-refractivity contribution in [3.8, 4) is 55.6 Å². The van der Waals surface area contributed by atoms with Crippen LogP contribution in [0.4, 0.5) is 17.1 Å². The maximum absolute atomic E-state index is 6.34. The van der Waals surface area contributed by atoms with Crippen LogP contribution in [0, 0.1) is 0 Å². The van der Waals surface area contributed by atoms with Crippen LogP contribution in [0.2, 0.25) is 0 Å². The molecule has 1 aliphatic rings. The lowest BCUT2D eigenvalue weighted by atomic mass is 9.68. The molecule has 0 amide bonds. The topological polar surface area (TPSA) is 16.4 Å². The van der Waals surface area contributed by atoms with Crippen molar-refractivity contribution in [3.63, 3.8) is 0 Å². The molecule has 0 fully saturated rings. The standard InChI is InChI=1S/C67H45NO/c1-5-18-46(19-6-1)50-36-42-56(60(44-50)48-20-7-2-8-21-48)49-34-40-55(41-35-49)68(54-38-32-47(33-39-54)51-37-43-58-57-26-14-16-31-64(57)69-65(58)45-51)63-30-17-29-62-66(63)59-27-13-15-28-61(59)67(62,52-22-9-3-10-23-52)53-24-11-4-12-25-53/h1-45H. The Bertz CT molecular complexity index is 3760. The molecule has 0 unspecified atom stereocenters. The number of rotatable bonds is 9. The van der Waals surface area contributed by atoms with E-state index in [9.17, 15) is 0 Å². The third kappa shape index (κ3) is 6.72. The molecule has 1 heterocycles. The molecule has 69 heavy (non-hydrogen) atoms. The van der Waals surface area contributed by atoms with Crippen molar-refractivity contribution in [1.29, 1.82) is 0 Å². The number of fused-ring (bicyclic) bond motifs is 6. The summed E-state index contributed by atoms with van der Waals surface area (Å²) in [6.45, 7) is 0. The number of nitrogens with zero attached hydrogens (tertiary/aromatic N) is 1. The number of hydrogen-bond acceptors (Lipinski definition) is 2. The first-order valence-electron chi connectivity index (χ1n) is 23.7. The van der Waals surface area contributed by atoms with E-state index in [0.717, 1.165) is 55.7 Å². The van der Waals surface area contributed by atoms with Gasteiger partial charge in [-0.1, -0.05) is 218 Å². The Morgan fingerprint density at radius 2 is 0.783 bits per heavy atom. The highest BCUT2D eigenvalue weighted by molar-refractivity contribution is 6.06. The van der Waals surface area contributed by atoms with E-state index < -0.39 is 5.41 Å². The lowest BCUT2D eigenvalue weighted by Crippen LogP contribution is -2.28. The van der Waals surface area contributed by atoms with Crippen molar-refractivity contribution in [2.75, 3.05) is 4.90 Å². The van der Waals surface area contributed by atoms with Crippen LogP contribution in [-0.2, 0) is 5.41 Å². The van der Waals surface area contributed by atoms with Gasteiger partial charge in [-0.2, -0.15) is 0 Å². The predicted molar refractivity (Wildman–Crippen MR) is 287 cm³/mol. The van der Waals surface area contributed by atoms with Crippen LogP contribution < -0.4 is 4.90 Å². The van der Waals surface area contributed by atoms with Gasteiger partial charge in [0.15, 0.2) is 0 Å². The Morgan fingerprint density at radius 3 is 1.48 bits per heavy atom. The second-order valence-corrected chi connectivity index (χ2v) is 18.0. The highest BCUT2D eigenvalue weighted by Gasteiger charge is 2.47. The summed E-state index contributed by atoms with van der Waals surface area (Å²) in [4.78, 5) is 2.45. The number of hydrogen-bond donors (Lipinski definition) is 0. The number of furan rings is 1. The van der Waals surface area contributed by atoms with Crippen LogP contribution in [0.5, 0.6) is 0 Å². The summed E-state index contributed by atoms with van der Waals surface area (Å²) in [5.41, 5.74) is 21.4. The van der Waals surface area contributed by atoms with Crippen LogP contribution in [-0.4, -0.2) is 0 Å². The molecule has 0 saturated heterocycles. The second kappa shape index (κ2) is 16.7. The summed E-state index contributed by atoms with van der Waals surface area (Å²) >= 11 is 0. The van der Waals surface area contributed by atoms with E-state index >= 15 is 0 Å². The summed E-state index contributed by atoms with van der Waals surface area (Å²) in [6, 6.07) is 99.3. The Hall–Kier alpha value is -8.98. The van der Waals surface area contributed by atoms with Crippen molar-refractivity contribution >= 4 is 39.0 Å². The fourth-order valence-electron chi connectivity index (χ4n) is 11.0. The normalized spacial score (nSPS) is 12.5. The first-order chi connectivity index (χ1) is 34.2. The number of benzene rings is 11. The maximum atomic E-state index is 6.34. The van der Waals surface area contributed by atoms with Crippen molar-refractivity contribution in [3.05, 3.63) is 295 Å². The average Bonchev–Trinajstić information content (AvgIpc) is 3.96. The zero-order valence-electron chi connectivity index (χ0n) is 37.8. The van der Waals surface area contributed by atoms with Crippen molar-refractivity contribution in [2.24, 2.45) is 0 Å². The molecule has 2 heteroatoms. The van der Waals surface area contributed by atoms with Gasteiger partial charge in [-0.05, 0) is 127 Å². The summed E-state index contributed by atoms with van der Waals surface area (Å²) in [5.74, 6) is 0. The quantitative estimate of drug-likeness (QED) is 0.144. The number of para-hydroxylation sites is 1. The van der Waals surface area contributed by atoms with Crippen LogP contribution in [0.25, 0.3) is 77.6 Å². The average molecular weight is 880 g/mol. The molecular formula is C67H45NO. The van der Waals surface area contributed by atoms with Crippen molar-refractivity contribution in [2.45, 2.75) is 5.41 Å². The molecule has 0 saturated carbocycles. The molecule has 0 bridgehead atoms. The fraction of sp³-hybridized carbons (Fsp3) is 0.0149. The summed E-state index contributed by atoms with van der Waals surface area (Å²) in [6.07, 6.45) is 0. The second-order valence-electron chi connectivity index (χ2n) is 18.0. The summed E-state index contributed by atoms with van der Waals surface area (Å²) in [5, 5.41) is 2.26. The number of anilines is 3. The molecular weight excluding hydrogens is 835 g/mol. The zero-order valence-corrected chi connectivity index (χ0v) is 37.8. The van der Waals surface area contributed by atoms with E-state index in [1.807, 2.05) is 12.1 Å². The van der Waals surface area contributed by atoms with E-state index in [1.165, 1.54) is 61.2 Å². The van der Waals surface area contributed by atoms with E-state index in [0.29, 0.717) is 0 Å². The minimum absolute atomic E-state index is 0.529. The molecule has 11 aromatic carbocycles. The van der Waals surface area contributed by atoms with Gasteiger partial charge in [0.25, 0.3) is 0 Å². The summed E-state index contributed by atoms with van der Waals surface area (Å²) < 4.78 is 6.34. The molecule has 0 N–H and O–H groups in total. The molecule has 2 nitrogen and oxygen atoms in total. The molecule has 1 aliphatic carbocycles. The van der Waals surface area contributed by atoms with Gasteiger partial charge < -0.3 is 9.32 Å². The highest BCUT2D eigenvalue weighted by atomic mass is 16.3. The Morgan fingerprint density at radius 1 is 0.290 bits per heavy atom. The Labute approximate surface area is 402 Å². The molecule has 1 aromatic heterocycles. The minimum atomic E-state index is -0.529. The largest absolute Gasteiger partial charge is 0.456 e. The molecule has 12 aromatic rings. The smallest absolute Gasteiger partial charge is 0.136 e. The molecule has 0 radical (unpaired) electrons. The lowest BCUT2D eigenvalue weighted by Gasteiger charge is -2.34. The van der Waals surface area contributed by atoms with E-state index in [2.05, 4.69) is 266 Å². The first kappa shape index (κ1) is 40.3. The van der Waals surface area contributed by atoms with Crippen LogP contribution >= 0.6 is 0 Å². The van der Waals surface area contributed by atoms with Crippen LogP contribution in [0.1, 0.15) is 22.3 Å². The summed E-state index contributed by atoms with van der Waals surface area (Å²) in [7, 11) is 0.